The standard InChI is InChI=1S/C13H18N4OS/c1-13(2)12(18)16(3)6-7-17(13)9-4-5-15-10(8-9)11(14)19/h4-5,8H,6-7H2,1-3H3,(H2,14,19). The molecule has 0 spiro atoms. The smallest absolute Gasteiger partial charge is 0.247 e. The average Bonchev–Trinajstić information content (AvgIpc) is 2.36. The number of hydrogen-bond acceptors (Lipinski definition) is 4. The van der Waals surface area contributed by atoms with Crippen LogP contribution in [-0.2, 0) is 4.79 Å². The summed E-state index contributed by atoms with van der Waals surface area (Å²) in [7, 11) is 1.83. The third-order valence-electron chi connectivity index (χ3n) is 3.51. The first-order valence-corrected chi connectivity index (χ1v) is 6.54. The van der Waals surface area contributed by atoms with Crippen LogP contribution in [0.5, 0.6) is 0 Å². The van der Waals surface area contributed by atoms with E-state index in [4.69, 9.17) is 18.0 Å². The zero-order valence-electron chi connectivity index (χ0n) is 11.4. The fourth-order valence-electron chi connectivity index (χ4n) is 2.39. The van der Waals surface area contributed by atoms with E-state index in [0.717, 1.165) is 12.2 Å². The Bertz CT molecular complexity index is 529. The number of anilines is 1. The number of piperazine rings is 1. The Hall–Kier alpha value is -1.69. The Morgan fingerprint density at radius 2 is 2.16 bits per heavy atom. The topological polar surface area (TPSA) is 62.5 Å². The van der Waals surface area contributed by atoms with Crippen molar-refractivity contribution in [3.05, 3.63) is 24.0 Å². The molecule has 1 fully saturated rings. The van der Waals surface area contributed by atoms with E-state index in [-0.39, 0.29) is 10.9 Å². The molecule has 0 saturated carbocycles. The van der Waals surface area contributed by atoms with Crippen LogP contribution >= 0.6 is 12.2 Å². The number of rotatable bonds is 2. The van der Waals surface area contributed by atoms with Gasteiger partial charge in [-0.25, -0.2) is 0 Å². The van der Waals surface area contributed by atoms with E-state index in [1.807, 2.05) is 33.0 Å². The van der Waals surface area contributed by atoms with E-state index in [1.54, 1.807) is 11.1 Å². The molecule has 0 aliphatic carbocycles. The van der Waals surface area contributed by atoms with Crippen molar-refractivity contribution in [1.82, 2.24) is 9.88 Å². The van der Waals surface area contributed by atoms with Gasteiger partial charge in [0.15, 0.2) is 0 Å². The number of aromatic nitrogens is 1. The fourth-order valence-corrected chi connectivity index (χ4v) is 2.50. The highest BCUT2D eigenvalue weighted by Crippen LogP contribution is 2.28. The number of carbonyl (C=O) groups excluding carboxylic acids is 1. The molecule has 0 atom stereocenters. The average molecular weight is 278 g/mol. The zero-order chi connectivity index (χ0) is 14.2. The first-order chi connectivity index (χ1) is 8.84. The summed E-state index contributed by atoms with van der Waals surface area (Å²) >= 11 is 4.94. The molecule has 0 aromatic carbocycles. The predicted octanol–water partition coefficient (Wildman–Crippen LogP) is 0.773. The third kappa shape index (κ3) is 2.40. The molecule has 1 aromatic heterocycles. The lowest BCUT2D eigenvalue weighted by Gasteiger charge is -2.46. The van der Waals surface area contributed by atoms with Crippen LogP contribution < -0.4 is 10.6 Å². The number of pyridine rings is 1. The molecule has 6 heteroatoms. The molecular weight excluding hydrogens is 260 g/mol. The molecule has 1 amide bonds. The van der Waals surface area contributed by atoms with Gasteiger partial charge in [-0.15, -0.1) is 0 Å². The van der Waals surface area contributed by atoms with E-state index >= 15 is 0 Å². The Kier molecular flexibility index (Phi) is 3.45. The van der Waals surface area contributed by atoms with Gasteiger partial charge in [0.25, 0.3) is 0 Å². The van der Waals surface area contributed by atoms with Gasteiger partial charge in [-0.2, -0.15) is 0 Å². The van der Waals surface area contributed by atoms with E-state index in [2.05, 4.69) is 9.88 Å². The largest absolute Gasteiger partial charge is 0.388 e. The molecule has 102 valence electrons. The number of amides is 1. The number of nitrogens with two attached hydrogens (primary N) is 1. The molecule has 0 bridgehead atoms. The Morgan fingerprint density at radius 3 is 2.79 bits per heavy atom. The summed E-state index contributed by atoms with van der Waals surface area (Å²) in [5.74, 6) is 0.104. The fraction of sp³-hybridized carbons (Fsp3) is 0.462. The van der Waals surface area contributed by atoms with Crippen molar-refractivity contribution >= 4 is 28.8 Å². The minimum Gasteiger partial charge on any atom is -0.388 e. The van der Waals surface area contributed by atoms with Gasteiger partial charge in [-0.3, -0.25) is 9.78 Å². The number of likely N-dealkylation sites (N-methyl/N-ethyl adjacent to an activating group) is 1. The van der Waals surface area contributed by atoms with E-state index in [1.165, 1.54) is 0 Å². The summed E-state index contributed by atoms with van der Waals surface area (Å²) in [6, 6.07) is 3.71. The van der Waals surface area contributed by atoms with Gasteiger partial charge in [-0.05, 0) is 26.0 Å². The van der Waals surface area contributed by atoms with E-state index in [9.17, 15) is 4.79 Å². The maximum absolute atomic E-state index is 12.3. The highest BCUT2D eigenvalue weighted by molar-refractivity contribution is 7.80. The lowest BCUT2D eigenvalue weighted by Crippen LogP contribution is -2.62. The molecule has 1 aliphatic heterocycles. The molecule has 1 aromatic rings. The van der Waals surface area contributed by atoms with Crippen molar-refractivity contribution in [2.45, 2.75) is 19.4 Å². The van der Waals surface area contributed by atoms with Crippen LogP contribution in [-0.4, -0.2) is 46.5 Å². The van der Waals surface area contributed by atoms with Gasteiger partial charge >= 0.3 is 0 Å². The minimum atomic E-state index is -0.582. The van der Waals surface area contributed by atoms with Crippen molar-refractivity contribution in [1.29, 1.82) is 0 Å². The first-order valence-electron chi connectivity index (χ1n) is 6.13. The van der Waals surface area contributed by atoms with Crippen molar-refractivity contribution in [3.63, 3.8) is 0 Å². The summed E-state index contributed by atoms with van der Waals surface area (Å²) in [4.78, 5) is 20.5. The summed E-state index contributed by atoms with van der Waals surface area (Å²) < 4.78 is 0. The maximum atomic E-state index is 12.3. The second-order valence-electron chi connectivity index (χ2n) is 5.20. The second kappa shape index (κ2) is 4.77. The number of thiocarbonyl (C=S) groups is 1. The molecule has 0 radical (unpaired) electrons. The molecule has 2 rings (SSSR count). The number of carbonyl (C=O) groups is 1. The van der Waals surface area contributed by atoms with Crippen LogP contribution in [0.4, 0.5) is 5.69 Å². The normalized spacial score (nSPS) is 18.6. The van der Waals surface area contributed by atoms with Crippen molar-refractivity contribution in [2.24, 2.45) is 5.73 Å². The van der Waals surface area contributed by atoms with Crippen molar-refractivity contribution < 1.29 is 4.79 Å². The number of nitrogens with zero attached hydrogens (tertiary/aromatic N) is 3. The van der Waals surface area contributed by atoms with Crippen LogP contribution in [0, 0.1) is 0 Å². The summed E-state index contributed by atoms with van der Waals surface area (Å²) in [6.45, 7) is 5.32. The summed E-state index contributed by atoms with van der Waals surface area (Å²) in [5, 5.41) is 0. The zero-order valence-corrected chi connectivity index (χ0v) is 12.2. The SMILES string of the molecule is CN1CCN(c2ccnc(C(N)=S)c2)C(C)(C)C1=O. The Labute approximate surface area is 118 Å². The summed E-state index contributed by atoms with van der Waals surface area (Å²) in [5.41, 5.74) is 6.52. The highest BCUT2D eigenvalue weighted by atomic mass is 32.1. The summed E-state index contributed by atoms with van der Waals surface area (Å²) in [6.07, 6.45) is 1.67. The minimum absolute atomic E-state index is 0.104. The van der Waals surface area contributed by atoms with Crippen LogP contribution in [0.2, 0.25) is 0 Å². The van der Waals surface area contributed by atoms with Gasteiger partial charge in [0, 0.05) is 32.0 Å². The molecule has 1 saturated heterocycles. The monoisotopic (exact) mass is 278 g/mol. The van der Waals surface area contributed by atoms with Crippen LogP contribution in [0.1, 0.15) is 19.5 Å². The van der Waals surface area contributed by atoms with Gasteiger partial charge < -0.3 is 15.5 Å². The molecule has 1 aliphatic rings. The van der Waals surface area contributed by atoms with Gasteiger partial charge in [0.2, 0.25) is 5.91 Å². The molecule has 2 heterocycles. The first kappa shape index (κ1) is 13.7. The van der Waals surface area contributed by atoms with Crippen LogP contribution in [0.15, 0.2) is 18.3 Å². The maximum Gasteiger partial charge on any atom is 0.247 e. The molecule has 0 unspecified atom stereocenters. The number of hydrogen-bond donors (Lipinski definition) is 1. The molecule has 19 heavy (non-hydrogen) atoms. The van der Waals surface area contributed by atoms with Gasteiger partial charge in [-0.1, -0.05) is 12.2 Å². The molecular formula is C13H18N4OS. The van der Waals surface area contributed by atoms with E-state index in [0.29, 0.717) is 12.2 Å². The van der Waals surface area contributed by atoms with Gasteiger partial charge in [0.05, 0.1) is 5.69 Å². The van der Waals surface area contributed by atoms with Crippen LogP contribution in [0.25, 0.3) is 0 Å². The third-order valence-corrected chi connectivity index (χ3v) is 3.72. The molecule has 2 N–H and O–H groups in total. The quantitative estimate of drug-likeness (QED) is 0.810. The molecule has 5 nitrogen and oxygen atoms in total. The predicted molar refractivity (Wildman–Crippen MR) is 79.2 cm³/mol. The lowest BCUT2D eigenvalue weighted by molar-refractivity contribution is -0.136. The van der Waals surface area contributed by atoms with Gasteiger partial charge in [0.1, 0.15) is 10.5 Å². The van der Waals surface area contributed by atoms with Crippen LogP contribution in [0.3, 0.4) is 0 Å². The van der Waals surface area contributed by atoms with Crippen molar-refractivity contribution in [2.75, 3.05) is 25.0 Å². The second-order valence-corrected chi connectivity index (χ2v) is 5.64. The van der Waals surface area contributed by atoms with E-state index < -0.39 is 5.54 Å². The highest BCUT2D eigenvalue weighted by Gasteiger charge is 2.40. The Morgan fingerprint density at radius 1 is 1.47 bits per heavy atom. The van der Waals surface area contributed by atoms with Crippen molar-refractivity contribution in [3.8, 4) is 0 Å². The lowest BCUT2D eigenvalue weighted by atomic mass is 9.97. The Balaban J connectivity index is 2.38.